The Morgan fingerprint density at radius 3 is 2.36 bits per heavy atom. The molecule has 1 aromatic heterocycles. The molecule has 0 bridgehead atoms. The summed E-state index contributed by atoms with van der Waals surface area (Å²) in [6, 6.07) is 23.5. The van der Waals surface area contributed by atoms with Crippen LogP contribution in [0.3, 0.4) is 0 Å². The van der Waals surface area contributed by atoms with Crippen molar-refractivity contribution in [2.75, 3.05) is 10.6 Å². The van der Waals surface area contributed by atoms with E-state index in [2.05, 4.69) is 20.7 Å². The van der Waals surface area contributed by atoms with Gasteiger partial charge in [-0.25, -0.2) is 9.67 Å². The summed E-state index contributed by atoms with van der Waals surface area (Å²) >= 11 is 6.60. The minimum absolute atomic E-state index is 0.237. The van der Waals surface area contributed by atoms with Crippen LogP contribution in [-0.2, 0) is 4.79 Å². The van der Waals surface area contributed by atoms with Crippen molar-refractivity contribution in [3.05, 3.63) is 107 Å². The van der Waals surface area contributed by atoms with Gasteiger partial charge in [-0.1, -0.05) is 60.1 Å². The van der Waals surface area contributed by atoms with E-state index in [1.807, 2.05) is 79.7 Å². The Bertz CT molecular complexity index is 1480. The number of amides is 2. The highest BCUT2D eigenvalue weighted by atomic mass is 35.5. The summed E-state index contributed by atoms with van der Waals surface area (Å²) in [6.45, 7) is 3.75. The normalized spacial score (nSPS) is 16.6. The minimum Gasteiger partial charge on any atom is -0.325 e. The number of benzene rings is 3. The van der Waals surface area contributed by atoms with Gasteiger partial charge in [-0.05, 0) is 55.3 Å². The Morgan fingerprint density at radius 1 is 0.889 bits per heavy atom. The molecule has 7 nitrogen and oxygen atoms in total. The quantitative estimate of drug-likeness (QED) is 0.352. The van der Waals surface area contributed by atoms with Crippen molar-refractivity contribution in [1.29, 1.82) is 0 Å². The molecule has 1 aliphatic rings. The van der Waals surface area contributed by atoms with Crippen molar-refractivity contribution < 1.29 is 9.59 Å². The second kappa shape index (κ2) is 9.79. The van der Waals surface area contributed by atoms with Crippen molar-refractivity contribution in [2.24, 2.45) is 10.9 Å². The highest BCUT2D eigenvalue weighted by Crippen LogP contribution is 2.40. The van der Waals surface area contributed by atoms with Crippen LogP contribution >= 0.6 is 11.6 Å². The Balaban J connectivity index is 1.56. The van der Waals surface area contributed by atoms with Gasteiger partial charge in [0.15, 0.2) is 5.82 Å². The third-order valence-electron chi connectivity index (χ3n) is 6.15. The van der Waals surface area contributed by atoms with Crippen molar-refractivity contribution in [1.82, 2.24) is 9.78 Å². The van der Waals surface area contributed by atoms with Gasteiger partial charge in [-0.15, -0.1) is 0 Å². The van der Waals surface area contributed by atoms with Crippen LogP contribution in [0.5, 0.6) is 0 Å². The van der Waals surface area contributed by atoms with Crippen LogP contribution < -0.4 is 10.6 Å². The van der Waals surface area contributed by atoms with E-state index in [9.17, 15) is 9.59 Å². The number of hydrogen-bond acceptors (Lipinski definition) is 4. The van der Waals surface area contributed by atoms with Gasteiger partial charge in [-0.2, -0.15) is 5.10 Å². The number of para-hydroxylation sites is 1. The first-order chi connectivity index (χ1) is 17.4. The number of halogens is 1. The van der Waals surface area contributed by atoms with Crippen molar-refractivity contribution >= 4 is 46.3 Å². The van der Waals surface area contributed by atoms with E-state index in [0.29, 0.717) is 33.5 Å². The van der Waals surface area contributed by atoms with E-state index in [1.54, 1.807) is 17.7 Å². The number of aliphatic imine (C=N–C) groups is 1. The highest BCUT2D eigenvalue weighted by molar-refractivity contribution is 6.31. The fourth-order valence-corrected chi connectivity index (χ4v) is 4.71. The minimum atomic E-state index is -0.690. The Hall–Kier alpha value is -4.23. The van der Waals surface area contributed by atoms with Crippen LogP contribution in [0.25, 0.3) is 0 Å². The largest absolute Gasteiger partial charge is 0.325 e. The van der Waals surface area contributed by atoms with E-state index >= 15 is 0 Å². The van der Waals surface area contributed by atoms with Gasteiger partial charge in [0.05, 0.1) is 12.2 Å². The first-order valence-electron chi connectivity index (χ1n) is 11.5. The lowest BCUT2D eigenvalue weighted by atomic mass is 9.87. The molecule has 180 valence electrons. The molecule has 2 amide bonds. The lowest BCUT2D eigenvalue weighted by molar-refractivity contribution is -0.118. The molecule has 2 atom stereocenters. The fourth-order valence-electron chi connectivity index (χ4n) is 4.46. The van der Waals surface area contributed by atoms with Gasteiger partial charge < -0.3 is 10.6 Å². The van der Waals surface area contributed by atoms with Gasteiger partial charge in [0.2, 0.25) is 5.91 Å². The number of aryl methyl sites for hydroxylation is 1. The molecule has 0 saturated heterocycles. The van der Waals surface area contributed by atoms with E-state index in [1.165, 1.54) is 6.20 Å². The van der Waals surface area contributed by atoms with Crippen LogP contribution in [0.1, 0.15) is 34.5 Å². The average Bonchev–Trinajstić information content (AvgIpc) is 3.28. The second-order valence-corrected chi connectivity index (χ2v) is 9.11. The lowest BCUT2D eigenvalue weighted by Crippen LogP contribution is -2.39. The number of carbonyl (C=O) groups excluding carboxylic acids is 2. The van der Waals surface area contributed by atoms with Crippen LogP contribution in [0.15, 0.2) is 90.1 Å². The molecule has 8 heteroatoms. The zero-order valence-electron chi connectivity index (χ0n) is 19.8. The smallest absolute Gasteiger partial charge is 0.261 e. The van der Waals surface area contributed by atoms with Crippen LogP contribution in [0, 0.1) is 12.8 Å². The number of nitrogens with one attached hydrogen (secondary N) is 2. The van der Waals surface area contributed by atoms with E-state index in [-0.39, 0.29) is 11.8 Å². The standard InChI is InChI=1S/C28H24ClN5O2/c1-17-9-8-12-20(15-17)33-27(35)22-16-30-34-25(21-13-6-7-14-23(21)29)24(18(2)31-26(22)34)28(36)32-19-10-4-3-5-11-19/h3-16,24-25H,1-2H3,(H,32,36)(H,33,35). The van der Waals surface area contributed by atoms with Gasteiger partial charge in [-0.3, -0.25) is 9.59 Å². The Morgan fingerprint density at radius 2 is 1.61 bits per heavy atom. The molecule has 2 heterocycles. The molecule has 0 fully saturated rings. The van der Waals surface area contributed by atoms with Gasteiger partial charge in [0.25, 0.3) is 5.91 Å². The third kappa shape index (κ3) is 4.53. The predicted molar refractivity (Wildman–Crippen MR) is 142 cm³/mol. The third-order valence-corrected chi connectivity index (χ3v) is 6.49. The molecular formula is C28H24ClN5O2. The topological polar surface area (TPSA) is 88.4 Å². The summed E-state index contributed by atoms with van der Waals surface area (Å²) in [4.78, 5) is 31.4. The molecule has 36 heavy (non-hydrogen) atoms. The second-order valence-electron chi connectivity index (χ2n) is 8.70. The molecule has 0 spiro atoms. The zero-order valence-corrected chi connectivity index (χ0v) is 20.5. The van der Waals surface area contributed by atoms with Gasteiger partial charge in [0.1, 0.15) is 11.5 Å². The van der Waals surface area contributed by atoms with E-state index in [0.717, 1.165) is 11.1 Å². The molecule has 0 radical (unpaired) electrons. The number of aromatic nitrogens is 2. The summed E-state index contributed by atoms with van der Waals surface area (Å²) in [5.41, 5.74) is 3.99. The summed E-state index contributed by atoms with van der Waals surface area (Å²) in [7, 11) is 0. The lowest BCUT2D eigenvalue weighted by Gasteiger charge is -2.32. The number of carbonyl (C=O) groups is 2. The molecule has 0 saturated carbocycles. The summed E-state index contributed by atoms with van der Waals surface area (Å²) in [5.74, 6) is -0.876. The first-order valence-corrected chi connectivity index (χ1v) is 11.9. The van der Waals surface area contributed by atoms with Crippen LogP contribution in [-0.4, -0.2) is 27.3 Å². The monoisotopic (exact) mass is 497 g/mol. The van der Waals surface area contributed by atoms with Crippen molar-refractivity contribution in [3.8, 4) is 0 Å². The number of rotatable bonds is 5. The SMILES string of the molecule is CC1=Nc2c(C(=O)Nc3cccc(C)c3)cnn2C(c2ccccc2Cl)C1C(=O)Nc1ccccc1. The number of nitrogens with zero attached hydrogens (tertiary/aromatic N) is 3. The maximum absolute atomic E-state index is 13.5. The fraction of sp³-hybridized carbons (Fsp3) is 0.143. The molecule has 4 aromatic rings. The Labute approximate surface area is 213 Å². The average molecular weight is 498 g/mol. The maximum atomic E-state index is 13.5. The Kier molecular flexibility index (Phi) is 6.40. The molecule has 1 aliphatic heterocycles. The van der Waals surface area contributed by atoms with Crippen molar-refractivity contribution in [2.45, 2.75) is 19.9 Å². The van der Waals surface area contributed by atoms with Crippen LogP contribution in [0.2, 0.25) is 5.02 Å². The first kappa shape index (κ1) is 23.5. The number of hydrogen-bond donors (Lipinski definition) is 2. The van der Waals surface area contributed by atoms with Crippen molar-refractivity contribution in [3.63, 3.8) is 0 Å². The van der Waals surface area contributed by atoms with E-state index in [4.69, 9.17) is 11.6 Å². The molecule has 2 unspecified atom stereocenters. The molecule has 0 aliphatic carbocycles. The molecule has 3 aromatic carbocycles. The molecule has 5 rings (SSSR count). The zero-order chi connectivity index (χ0) is 25.2. The van der Waals surface area contributed by atoms with Crippen LogP contribution in [0.4, 0.5) is 17.2 Å². The number of fused-ring (bicyclic) bond motifs is 1. The summed E-state index contributed by atoms with van der Waals surface area (Å²) < 4.78 is 1.62. The molecular weight excluding hydrogens is 474 g/mol. The predicted octanol–water partition coefficient (Wildman–Crippen LogP) is 6.05. The summed E-state index contributed by atoms with van der Waals surface area (Å²) in [6.07, 6.45) is 1.48. The van der Waals surface area contributed by atoms with Gasteiger partial charge in [0, 0.05) is 22.1 Å². The van der Waals surface area contributed by atoms with E-state index < -0.39 is 12.0 Å². The maximum Gasteiger partial charge on any atom is 0.261 e. The summed E-state index contributed by atoms with van der Waals surface area (Å²) in [5, 5.41) is 10.9. The highest BCUT2D eigenvalue weighted by Gasteiger charge is 2.40. The van der Waals surface area contributed by atoms with Gasteiger partial charge >= 0.3 is 0 Å². The number of anilines is 2. The molecule has 2 N–H and O–H groups in total.